The van der Waals surface area contributed by atoms with E-state index in [1.54, 1.807) is 0 Å². The van der Waals surface area contributed by atoms with Crippen LogP contribution in [0.3, 0.4) is 0 Å². The molecule has 0 heteroatoms. The lowest BCUT2D eigenvalue weighted by atomic mass is 9.85. The van der Waals surface area contributed by atoms with Gasteiger partial charge in [0.2, 0.25) is 0 Å². The quantitative estimate of drug-likeness (QED) is 0.163. The number of benzene rings is 9. The van der Waals surface area contributed by atoms with Crippen LogP contribution in [0.2, 0.25) is 0 Å². The van der Waals surface area contributed by atoms with Crippen molar-refractivity contribution >= 4 is 43.5 Å². The molecule has 1 aliphatic carbocycles. The van der Waals surface area contributed by atoms with Crippen molar-refractivity contribution in [2.45, 2.75) is 6.42 Å². The second-order valence-electron chi connectivity index (χ2n) is 13.6. The zero-order valence-corrected chi connectivity index (χ0v) is 28.2. The van der Waals surface area contributed by atoms with E-state index in [1.807, 2.05) is 0 Å². The molecule has 0 nitrogen and oxygen atoms in total. The first-order valence-corrected chi connectivity index (χ1v) is 17.8. The molecule has 0 N–H and O–H groups in total. The molecule has 0 amide bonds. The molecule has 0 aromatic heterocycles. The van der Waals surface area contributed by atoms with E-state index in [-0.39, 0.29) is 0 Å². The molecule has 0 fully saturated rings. The normalized spacial score (nSPS) is 12.5. The minimum atomic E-state index is 0.928. The zero-order valence-electron chi connectivity index (χ0n) is 28.2. The Labute approximate surface area is 298 Å². The molecule has 0 saturated heterocycles. The number of hydrogen-bond donors (Lipinski definition) is 0. The van der Waals surface area contributed by atoms with Gasteiger partial charge >= 0.3 is 0 Å². The molecule has 51 heavy (non-hydrogen) atoms. The van der Waals surface area contributed by atoms with E-state index in [9.17, 15) is 0 Å². The lowest BCUT2D eigenvalue weighted by Gasteiger charge is -2.18. The van der Waals surface area contributed by atoms with Crippen LogP contribution in [-0.4, -0.2) is 0 Å². The summed E-state index contributed by atoms with van der Waals surface area (Å²) < 4.78 is 0. The van der Waals surface area contributed by atoms with Crippen molar-refractivity contribution in [1.82, 2.24) is 0 Å². The van der Waals surface area contributed by atoms with E-state index in [0.717, 1.165) is 6.42 Å². The highest BCUT2D eigenvalue weighted by Gasteiger charge is 2.24. The molecule has 0 saturated carbocycles. The van der Waals surface area contributed by atoms with Crippen LogP contribution in [0, 0.1) is 0 Å². The molecule has 10 rings (SSSR count). The summed E-state index contributed by atoms with van der Waals surface area (Å²) in [5.74, 6) is 0. The third kappa shape index (κ3) is 4.99. The number of allylic oxidation sites excluding steroid dienone is 1. The Morgan fingerprint density at radius 1 is 0.294 bits per heavy atom. The molecule has 9 aromatic rings. The Bertz CT molecular complexity index is 2730. The smallest absolute Gasteiger partial charge is 0.000706 e. The Kier molecular flexibility index (Phi) is 6.99. The molecule has 0 spiro atoms. The van der Waals surface area contributed by atoms with Crippen molar-refractivity contribution < 1.29 is 0 Å². The first-order chi connectivity index (χ1) is 25.3. The van der Waals surface area contributed by atoms with Gasteiger partial charge in [-0.1, -0.05) is 188 Å². The maximum atomic E-state index is 2.41. The molecule has 0 atom stereocenters. The Hall–Kier alpha value is -6.50. The maximum absolute atomic E-state index is 2.41. The minimum absolute atomic E-state index is 0.928. The third-order valence-electron chi connectivity index (χ3n) is 10.7. The first-order valence-electron chi connectivity index (χ1n) is 17.8. The highest BCUT2D eigenvalue weighted by molar-refractivity contribution is 6.21. The van der Waals surface area contributed by atoms with Crippen molar-refractivity contribution in [2.24, 2.45) is 0 Å². The van der Waals surface area contributed by atoms with Gasteiger partial charge in [-0.3, -0.25) is 0 Å². The molecule has 0 aliphatic heterocycles. The molecular formula is C51H34. The van der Waals surface area contributed by atoms with Crippen molar-refractivity contribution in [3.8, 4) is 33.4 Å². The van der Waals surface area contributed by atoms with E-state index < -0.39 is 0 Å². The predicted octanol–water partition coefficient (Wildman–Crippen LogP) is 13.7. The van der Waals surface area contributed by atoms with Gasteiger partial charge in [-0.2, -0.15) is 0 Å². The molecule has 0 unspecified atom stereocenters. The van der Waals surface area contributed by atoms with Crippen LogP contribution in [0.4, 0.5) is 0 Å². The van der Waals surface area contributed by atoms with Crippen molar-refractivity contribution in [1.29, 1.82) is 0 Å². The topological polar surface area (TPSA) is 0 Å². The molecule has 0 radical (unpaired) electrons. The van der Waals surface area contributed by atoms with E-state index in [1.165, 1.54) is 99.1 Å². The van der Waals surface area contributed by atoms with Crippen LogP contribution in [-0.2, 0) is 6.42 Å². The van der Waals surface area contributed by atoms with Gasteiger partial charge in [0, 0.05) is 0 Å². The van der Waals surface area contributed by atoms with Crippen LogP contribution in [0.5, 0.6) is 0 Å². The van der Waals surface area contributed by atoms with Crippen molar-refractivity contribution in [3.05, 3.63) is 216 Å². The lowest BCUT2D eigenvalue weighted by molar-refractivity contribution is 1.31. The van der Waals surface area contributed by atoms with Gasteiger partial charge in [-0.05, 0) is 112 Å². The number of fused-ring (bicyclic) bond motifs is 4. The van der Waals surface area contributed by atoms with Gasteiger partial charge in [0.1, 0.15) is 0 Å². The summed E-state index contributed by atoms with van der Waals surface area (Å²) in [4.78, 5) is 0. The van der Waals surface area contributed by atoms with Gasteiger partial charge in [-0.25, -0.2) is 0 Å². The molecule has 1 aliphatic rings. The van der Waals surface area contributed by atoms with Gasteiger partial charge in [0.25, 0.3) is 0 Å². The fourth-order valence-electron chi connectivity index (χ4n) is 8.35. The maximum Gasteiger partial charge on any atom is -0.000706 e. The van der Waals surface area contributed by atoms with E-state index >= 15 is 0 Å². The standard InChI is InChI=1S/C51H34/c1-3-14-36(15-4-1)48-33-42-32-40(29-30-43(42)49(48)37-16-5-2-6-17-37)35-23-26-38(27-24-35)50-44-19-9-11-21-46(44)51(47-22-12-10-20-45(47)50)41-28-25-34-13-7-8-18-39(34)31-41/h1-32H,33H2. The van der Waals surface area contributed by atoms with Gasteiger partial charge < -0.3 is 0 Å². The Morgan fingerprint density at radius 3 is 1.43 bits per heavy atom. The Morgan fingerprint density at radius 2 is 0.784 bits per heavy atom. The van der Waals surface area contributed by atoms with E-state index in [2.05, 4.69) is 194 Å². The average molecular weight is 647 g/mol. The molecule has 238 valence electrons. The zero-order chi connectivity index (χ0) is 33.7. The summed E-state index contributed by atoms with van der Waals surface area (Å²) in [5, 5.41) is 7.63. The summed E-state index contributed by atoms with van der Waals surface area (Å²) in [5.41, 5.74) is 15.6. The largest absolute Gasteiger partial charge is 0.0622 e. The van der Waals surface area contributed by atoms with Crippen molar-refractivity contribution in [2.75, 3.05) is 0 Å². The predicted molar refractivity (Wildman–Crippen MR) is 218 cm³/mol. The number of rotatable bonds is 5. The summed E-state index contributed by atoms with van der Waals surface area (Å²) in [6, 6.07) is 71.3. The highest BCUT2D eigenvalue weighted by Crippen LogP contribution is 2.46. The van der Waals surface area contributed by atoms with Crippen LogP contribution in [0.1, 0.15) is 22.3 Å². The fraction of sp³-hybridized carbons (Fsp3) is 0.0196. The summed E-state index contributed by atoms with van der Waals surface area (Å²) in [6.07, 6.45) is 0.928. The van der Waals surface area contributed by atoms with Gasteiger partial charge in [-0.15, -0.1) is 0 Å². The van der Waals surface area contributed by atoms with Gasteiger partial charge in [0.15, 0.2) is 0 Å². The van der Waals surface area contributed by atoms with E-state index in [0.29, 0.717) is 0 Å². The summed E-state index contributed by atoms with van der Waals surface area (Å²) in [6.45, 7) is 0. The molecule has 0 bridgehead atoms. The Balaban J connectivity index is 1.07. The molecular weight excluding hydrogens is 613 g/mol. The summed E-state index contributed by atoms with van der Waals surface area (Å²) >= 11 is 0. The van der Waals surface area contributed by atoms with Crippen molar-refractivity contribution in [3.63, 3.8) is 0 Å². The van der Waals surface area contributed by atoms with Crippen LogP contribution in [0.15, 0.2) is 194 Å². The number of hydrogen-bond acceptors (Lipinski definition) is 0. The third-order valence-corrected chi connectivity index (χ3v) is 10.7. The second kappa shape index (κ2) is 12.1. The van der Waals surface area contributed by atoms with Crippen LogP contribution in [0.25, 0.3) is 76.8 Å². The van der Waals surface area contributed by atoms with Gasteiger partial charge in [0.05, 0.1) is 0 Å². The highest BCUT2D eigenvalue weighted by atomic mass is 14.3. The first kappa shape index (κ1) is 29.4. The minimum Gasteiger partial charge on any atom is -0.0622 e. The van der Waals surface area contributed by atoms with Crippen LogP contribution < -0.4 is 0 Å². The molecule has 0 heterocycles. The van der Waals surface area contributed by atoms with E-state index in [4.69, 9.17) is 0 Å². The monoisotopic (exact) mass is 646 g/mol. The average Bonchev–Trinajstić information content (AvgIpc) is 3.59. The summed E-state index contributed by atoms with van der Waals surface area (Å²) in [7, 11) is 0. The molecule has 9 aromatic carbocycles. The second-order valence-corrected chi connectivity index (χ2v) is 13.6. The fourth-order valence-corrected chi connectivity index (χ4v) is 8.35. The SMILES string of the molecule is c1ccc(C2=C(c3ccccc3)c3ccc(-c4ccc(-c5c6ccccc6c(-c6ccc7ccccc7c6)c6ccccc56)cc4)cc3C2)cc1. The van der Waals surface area contributed by atoms with Crippen LogP contribution >= 0.6 is 0 Å². The lowest BCUT2D eigenvalue weighted by Crippen LogP contribution is -1.91.